The Morgan fingerprint density at radius 2 is 2.26 bits per heavy atom. The van der Waals surface area contributed by atoms with E-state index in [2.05, 4.69) is 30.4 Å². The zero-order chi connectivity index (χ0) is 13.7. The van der Waals surface area contributed by atoms with Gasteiger partial charge in [-0.1, -0.05) is 0 Å². The Morgan fingerprint density at radius 3 is 2.95 bits per heavy atom. The minimum Gasteiger partial charge on any atom is -0.393 e. The number of nitrogens with zero attached hydrogens (tertiary/aromatic N) is 6. The number of hydrogen-bond acceptors (Lipinski definition) is 7. The largest absolute Gasteiger partial charge is 0.393 e. The Bertz CT molecular complexity index is 517. The van der Waals surface area contributed by atoms with Crippen LogP contribution in [0.4, 0.5) is 5.95 Å². The van der Waals surface area contributed by atoms with Crippen LogP contribution >= 0.6 is 11.6 Å². The number of hydrogen-bond donors (Lipinski definition) is 2. The summed E-state index contributed by atoms with van der Waals surface area (Å²) in [5.74, 6) is 0.673. The number of nitrogens with one attached hydrogen (secondary N) is 1. The summed E-state index contributed by atoms with van der Waals surface area (Å²) in [7, 11) is 0. The van der Waals surface area contributed by atoms with Crippen molar-refractivity contribution in [1.82, 2.24) is 29.7 Å². The highest BCUT2D eigenvalue weighted by Crippen LogP contribution is 2.08. The van der Waals surface area contributed by atoms with Crippen LogP contribution in [0.15, 0.2) is 12.7 Å². The fourth-order valence-corrected chi connectivity index (χ4v) is 1.59. The van der Waals surface area contributed by atoms with Gasteiger partial charge in [0.05, 0.1) is 6.10 Å². The molecule has 2 aromatic heterocycles. The fourth-order valence-electron chi connectivity index (χ4n) is 1.43. The number of aliphatic hydroxyl groups is 1. The molecule has 9 heteroatoms. The molecular weight excluding hydrogens is 270 g/mol. The molecule has 0 saturated heterocycles. The molecule has 2 heterocycles. The van der Waals surface area contributed by atoms with Gasteiger partial charge in [0, 0.05) is 6.54 Å². The Hall–Kier alpha value is -1.80. The van der Waals surface area contributed by atoms with Crippen molar-refractivity contribution in [1.29, 1.82) is 0 Å². The first kappa shape index (κ1) is 13.6. The van der Waals surface area contributed by atoms with Gasteiger partial charge < -0.3 is 10.4 Å². The van der Waals surface area contributed by atoms with Gasteiger partial charge in [-0.2, -0.15) is 24.7 Å². The van der Waals surface area contributed by atoms with Crippen LogP contribution in [0.1, 0.15) is 19.8 Å². The predicted molar refractivity (Wildman–Crippen MR) is 69.2 cm³/mol. The first-order valence-electron chi connectivity index (χ1n) is 5.83. The summed E-state index contributed by atoms with van der Waals surface area (Å²) in [6, 6.07) is 0. The van der Waals surface area contributed by atoms with Crippen LogP contribution in [-0.2, 0) is 0 Å². The molecular formula is C10H14ClN7O. The second kappa shape index (κ2) is 6.39. The van der Waals surface area contributed by atoms with E-state index in [0.29, 0.717) is 24.9 Å². The topological polar surface area (TPSA) is 102 Å². The molecule has 1 atom stereocenters. The molecule has 8 nitrogen and oxygen atoms in total. The minimum absolute atomic E-state index is 0.0820. The van der Waals surface area contributed by atoms with Gasteiger partial charge in [0.25, 0.3) is 5.95 Å². The molecule has 102 valence electrons. The molecule has 0 radical (unpaired) electrons. The van der Waals surface area contributed by atoms with E-state index < -0.39 is 0 Å². The van der Waals surface area contributed by atoms with Crippen LogP contribution in [0, 0.1) is 0 Å². The normalized spacial score (nSPS) is 12.4. The maximum absolute atomic E-state index is 9.15. The summed E-state index contributed by atoms with van der Waals surface area (Å²) in [6.07, 6.45) is 4.06. The number of rotatable bonds is 6. The SMILES string of the molecule is CC(O)CCCNc1nc(Cl)nc(-n2cncn2)n1. The van der Waals surface area contributed by atoms with E-state index in [1.165, 1.54) is 17.3 Å². The zero-order valence-electron chi connectivity index (χ0n) is 10.4. The van der Waals surface area contributed by atoms with E-state index in [1.807, 2.05) is 0 Å². The van der Waals surface area contributed by atoms with Crippen molar-refractivity contribution in [2.45, 2.75) is 25.9 Å². The molecule has 2 aromatic rings. The molecule has 0 aliphatic heterocycles. The van der Waals surface area contributed by atoms with E-state index >= 15 is 0 Å². The summed E-state index contributed by atoms with van der Waals surface area (Å²) in [4.78, 5) is 15.9. The summed E-state index contributed by atoms with van der Waals surface area (Å²) in [5.41, 5.74) is 0. The summed E-state index contributed by atoms with van der Waals surface area (Å²) >= 11 is 5.83. The van der Waals surface area contributed by atoms with Crippen molar-refractivity contribution >= 4 is 17.5 Å². The summed E-state index contributed by atoms with van der Waals surface area (Å²) < 4.78 is 1.40. The average Bonchev–Trinajstić information content (AvgIpc) is 2.87. The fraction of sp³-hybridized carbons (Fsp3) is 0.500. The van der Waals surface area contributed by atoms with Gasteiger partial charge >= 0.3 is 0 Å². The second-order valence-electron chi connectivity index (χ2n) is 3.99. The third-order valence-corrected chi connectivity index (χ3v) is 2.47. The first-order chi connectivity index (χ1) is 9.15. The summed E-state index contributed by atoms with van der Waals surface area (Å²) in [6.45, 7) is 2.39. The molecule has 0 saturated carbocycles. The second-order valence-corrected chi connectivity index (χ2v) is 4.32. The van der Waals surface area contributed by atoms with Crippen molar-refractivity contribution in [2.24, 2.45) is 0 Å². The van der Waals surface area contributed by atoms with Crippen LogP contribution < -0.4 is 5.32 Å². The lowest BCUT2D eigenvalue weighted by atomic mass is 10.2. The lowest BCUT2D eigenvalue weighted by molar-refractivity contribution is 0.183. The number of aromatic nitrogens is 6. The Labute approximate surface area is 114 Å². The van der Waals surface area contributed by atoms with Crippen molar-refractivity contribution in [3.05, 3.63) is 17.9 Å². The Kier molecular flexibility index (Phi) is 4.58. The van der Waals surface area contributed by atoms with Crippen molar-refractivity contribution in [3.8, 4) is 5.95 Å². The van der Waals surface area contributed by atoms with Crippen LogP contribution in [0.5, 0.6) is 0 Å². The third-order valence-electron chi connectivity index (χ3n) is 2.30. The molecule has 0 aliphatic carbocycles. The molecule has 0 aliphatic rings. The first-order valence-corrected chi connectivity index (χ1v) is 6.21. The van der Waals surface area contributed by atoms with Gasteiger partial charge in [-0.3, -0.25) is 0 Å². The minimum atomic E-state index is -0.311. The van der Waals surface area contributed by atoms with Gasteiger partial charge in [0.15, 0.2) is 0 Å². The zero-order valence-corrected chi connectivity index (χ0v) is 11.1. The molecule has 19 heavy (non-hydrogen) atoms. The maximum atomic E-state index is 9.15. The number of anilines is 1. The van der Waals surface area contributed by atoms with E-state index in [4.69, 9.17) is 16.7 Å². The molecule has 2 rings (SSSR count). The Morgan fingerprint density at radius 1 is 1.42 bits per heavy atom. The molecule has 0 bridgehead atoms. The maximum Gasteiger partial charge on any atom is 0.258 e. The summed E-state index contributed by atoms with van der Waals surface area (Å²) in [5, 5.41) is 16.2. The third kappa shape index (κ3) is 4.11. The van der Waals surface area contributed by atoms with Gasteiger partial charge in [0.1, 0.15) is 12.7 Å². The van der Waals surface area contributed by atoms with E-state index in [1.54, 1.807) is 6.92 Å². The predicted octanol–water partition coefficient (Wildman–Crippen LogP) is 0.679. The van der Waals surface area contributed by atoms with Gasteiger partial charge in [0.2, 0.25) is 11.2 Å². The number of halogens is 1. The van der Waals surface area contributed by atoms with E-state index in [-0.39, 0.29) is 11.4 Å². The molecule has 0 amide bonds. The van der Waals surface area contributed by atoms with Crippen LogP contribution in [0.2, 0.25) is 5.28 Å². The lowest BCUT2D eigenvalue weighted by Gasteiger charge is -2.07. The Balaban J connectivity index is 2.01. The molecule has 2 N–H and O–H groups in total. The standard InChI is InChI=1S/C10H14ClN7O/c1-7(19)3-2-4-13-9-15-8(11)16-10(17-9)18-6-12-5-14-18/h5-7,19H,2-4H2,1H3,(H,13,15,16,17). The highest BCUT2D eigenvalue weighted by atomic mass is 35.5. The quantitative estimate of drug-likeness (QED) is 0.752. The molecule has 0 spiro atoms. The van der Waals surface area contributed by atoms with Crippen molar-refractivity contribution < 1.29 is 5.11 Å². The average molecular weight is 284 g/mol. The van der Waals surface area contributed by atoms with Crippen LogP contribution in [0.3, 0.4) is 0 Å². The molecule has 0 fully saturated rings. The smallest absolute Gasteiger partial charge is 0.258 e. The lowest BCUT2D eigenvalue weighted by Crippen LogP contribution is -2.11. The van der Waals surface area contributed by atoms with Crippen molar-refractivity contribution in [2.75, 3.05) is 11.9 Å². The number of aliphatic hydroxyl groups excluding tert-OH is 1. The molecule has 1 unspecified atom stereocenters. The van der Waals surface area contributed by atoms with Crippen LogP contribution in [0.25, 0.3) is 5.95 Å². The van der Waals surface area contributed by atoms with E-state index in [0.717, 1.165) is 6.42 Å². The molecule has 0 aromatic carbocycles. The van der Waals surface area contributed by atoms with Gasteiger partial charge in [-0.25, -0.2) is 4.98 Å². The van der Waals surface area contributed by atoms with Gasteiger partial charge in [-0.05, 0) is 31.4 Å². The van der Waals surface area contributed by atoms with Crippen LogP contribution in [-0.4, -0.2) is 47.5 Å². The monoisotopic (exact) mass is 283 g/mol. The van der Waals surface area contributed by atoms with E-state index in [9.17, 15) is 0 Å². The highest BCUT2D eigenvalue weighted by Gasteiger charge is 2.07. The van der Waals surface area contributed by atoms with Gasteiger partial charge in [-0.15, -0.1) is 0 Å². The highest BCUT2D eigenvalue weighted by molar-refractivity contribution is 6.28. The van der Waals surface area contributed by atoms with Crippen molar-refractivity contribution in [3.63, 3.8) is 0 Å².